The molecule has 0 aliphatic heterocycles. The smallest absolute Gasteiger partial charge is 0.251 e. The standard InChI is InChI=1S/C19H20N2O3S/c1-12-7-8-25-18(12)10-20-19(22)15-5-4-6-16(9-15)23-11-17-13(2)21-24-14(17)3/h4-9H,10-11H2,1-3H3,(H,20,22). The van der Waals surface area contributed by atoms with Crippen molar-refractivity contribution >= 4 is 17.2 Å². The van der Waals surface area contributed by atoms with Crippen molar-refractivity contribution in [3.05, 3.63) is 68.7 Å². The van der Waals surface area contributed by atoms with Gasteiger partial charge in [-0.1, -0.05) is 11.2 Å². The summed E-state index contributed by atoms with van der Waals surface area (Å²) < 4.78 is 10.9. The van der Waals surface area contributed by atoms with Gasteiger partial charge in [-0.25, -0.2) is 0 Å². The first kappa shape index (κ1) is 17.2. The maximum absolute atomic E-state index is 12.4. The van der Waals surface area contributed by atoms with E-state index in [4.69, 9.17) is 9.26 Å². The number of benzene rings is 1. The zero-order valence-corrected chi connectivity index (χ0v) is 15.3. The molecule has 2 aromatic heterocycles. The van der Waals surface area contributed by atoms with Crippen LogP contribution in [-0.2, 0) is 13.2 Å². The molecule has 25 heavy (non-hydrogen) atoms. The van der Waals surface area contributed by atoms with Crippen LogP contribution in [-0.4, -0.2) is 11.1 Å². The topological polar surface area (TPSA) is 64.4 Å². The first-order valence-electron chi connectivity index (χ1n) is 8.00. The van der Waals surface area contributed by atoms with Gasteiger partial charge in [-0.05, 0) is 56.0 Å². The molecule has 0 spiro atoms. The first-order valence-corrected chi connectivity index (χ1v) is 8.88. The molecule has 1 amide bonds. The molecule has 3 rings (SSSR count). The highest BCUT2D eigenvalue weighted by Gasteiger charge is 2.11. The van der Waals surface area contributed by atoms with E-state index < -0.39 is 0 Å². The Kier molecular flexibility index (Phi) is 5.19. The third kappa shape index (κ3) is 4.09. The highest BCUT2D eigenvalue weighted by atomic mass is 32.1. The summed E-state index contributed by atoms with van der Waals surface area (Å²) in [5.74, 6) is 1.27. The van der Waals surface area contributed by atoms with Gasteiger partial charge in [-0.2, -0.15) is 0 Å². The van der Waals surface area contributed by atoms with Crippen LogP contribution in [0.1, 0.15) is 37.8 Å². The van der Waals surface area contributed by atoms with E-state index in [0.717, 1.165) is 17.0 Å². The average Bonchev–Trinajstić information content (AvgIpc) is 3.16. The number of amides is 1. The maximum atomic E-state index is 12.4. The molecular weight excluding hydrogens is 336 g/mol. The monoisotopic (exact) mass is 356 g/mol. The predicted octanol–water partition coefficient (Wildman–Crippen LogP) is 4.17. The molecule has 0 saturated carbocycles. The minimum atomic E-state index is -0.115. The Morgan fingerprint density at radius 1 is 1.28 bits per heavy atom. The second kappa shape index (κ2) is 7.53. The Labute approximate surface area is 150 Å². The lowest BCUT2D eigenvalue weighted by molar-refractivity contribution is 0.0950. The van der Waals surface area contributed by atoms with Gasteiger partial charge in [0, 0.05) is 10.4 Å². The van der Waals surface area contributed by atoms with Gasteiger partial charge in [-0.3, -0.25) is 4.79 Å². The number of nitrogens with zero attached hydrogens (tertiary/aromatic N) is 1. The SMILES string of the molecule is Cc1ccsc1CNC(=O)c1cccc(OCc2c(C)noc2C)c1. The number of nitrogens with one attached hydrogen (secondary N) is 1. The molecule has 0 atom stereocenters. The van der Waals surface area contributed by atoms with E-state index in [1.54, 1.807) is 23.5 Å². The molecule has 130 valence electrons. The van der Waals surface area contributed by atoms with E-state index in [1.807, 2.05) is 38.3 Å². The molecule has 0 radical (unpaired) electrons. The molecule has 1 aromatic carbocycles. The van der Waals surface area contributed by atoms with Gasteiger partial charge in [-0.15, -0.1) is 11.3 Å². The molecule has 0 aliphatic carbocycles. The fourth-order valence-corrected chi connectivity index (χ4v) is 3.28. The van der Waals surface area contributed by atoms with Crippen molar-refractivity contribution in [1.29, 1.82) is 0 Å². The van der Waals surface area contributed by atoms with Gasteiger partial charge in [0.15, 0.2) is 0 Å². The van der Waals surface area contributed by atoms with Crippen molar-refractivity contribution in [1.82, 2.24) is 10.5 Å². The highest BCUT2D eigenvalue weighted by molar-refractivity contribution is 7.10. The Morgan fingerprint density at radius 3 is 2.80 bits per heavy atom. The number of aryl methyl sites for hydroxylation is 3. The van der Waals surface area contributed by atoms with Crippen molar-refractivity contribution in [2.24, 2.45) is 0 Å². The minimum absolute atomic E-state index is 0.115. The number of aromatic nitrogens is 1. The summed E-state index contributed by atoms with van der Waals surface area (Å²) in [6.45, 7) is 6.68. The van der Waals surface area contributed by atoms with E-state index in [0.29, 0.717) is 24.5 Å². The lowest BCUT2D eigenvalue weighted by Crippen LogP contribution is -2.22. The number of carbonyl (C=O) groups excluding carboxylic acids is 1. The Morgan fingerprint density at radius 2 is 2.12 bits per heavy atom. The predicted molar refractivity (Wildman–Crippen MR) is 97.0 cm³/mol. The summed E-state index contributed by atoms with van der Waals surface area (Å²) >= 11 is 1.64. The van der Waals surface area contributed by atoms with Crippen LogP contribution in [0.5, 0.6) is 5.75 Å². The fraction of sp³-hybridized carbons (Fsp3) is 0.263. The summed E-state index contributed by atoms with van der Waals surface area (Å²) in [5, 5.41) is 8.89. The highest BCUT2D eigenvalue weighted by Crippen LogP contribution is 2.19. The van der Waals surface area contributed by atoms with E-state index in [-0.39, 0.29) is 5.91 Å². The minimum Gasteiger partial charge on any atom is -0.489 e. The largest absolute Gasteiger partial charge is 0.489 e. The van der Waals surface area contributed by atoms with Crippen LogP contribution in [0.3, 0.4) is 0 Å². The van der Waals surface area contributed by atoms with Crippen LogP contribution in [0.2, 0.25) is 0 Å². The van der Waals surface area contributed by atoms with Crippen molar-refractivity contribution in [3.63, 3.8) is 0 Å². The van der Waals surface area contributed by atoms with Crippen LogP contribution in [0.4, 0.5) is 0 Å². The summed E-state index contributed by atoms with van der Waals surface area (Å²) in [6.07, 6.45) is 0. The van der Waals surface area contributed by atoms with Gasteiger partial charge >= 0.3 is 0 Å². The Bertz CT molecular complexity index is 863. The van der Waals surface area contributed by atoms with E-state index in [1.165, 1.54) is 10.4 Å². The molecule has 2 heterocycles. The van der Waals surface area contributed by atoms with Gasteiger partial charge < -0.3 is 14.6 Å². The fourth-order valence-electron chi connectivity index (χ4n) is 2.44. The van der Waals surface area contributed by atoms with Gasteiger partial charge in [0.05, 0.1) is 17.8 Å². The number of ether oxygens (including phenoxy) is 1. The zero-order valence-electron chi connectivity index (χ0n) is 14.5. The molecular formula is C19H20N2O3S. The summed E-state index contributed by atoms with van der Waals surface area (Å²) in [4.78, 5) is 13.5. The third-order valence-corrected chi connectivity index (χ3v) is 5.06. The van der Waals surface area contributed by atoms with E-state index in [9.17, 15) is 4.79 Å². The van der Waals surface area contributed by atoms with Crippen LogP contribution in [0.15, 0.2) is 40.2 Å². The summed E-state index contributed by atoms with van der Waals surface area (Å²) in [6, 6.07) is 9.22. The zero-order chi connectivity index (χ0) is 17.8. The third-order valence-electron chi connectivity index (χ3n) is 4.04. The summed E-state index contributed by atoms with van der Waals surface area (Å²) in [7, 11) is 0. The molecule has 0 aliphatic rings. The van der Waals surface area contributed by atoms with E-state index in [2.05, 4.69) is 16.5 Å². The number of hydrogen-bond acceptors (Lipinski definition) is 5. The van der Waals surface area contributed by atoms with Gasteiger partial charge in [0.2, 0.25) is 0 Å². The lowest BCUT2D eigenvalue weighted by Gasteiger charge is -2.09. The molecule has 6 heteroatoms. The number of thiophene rings is 1. The molecule has 3 aromatic rings. The van der Waals surface area contributed by atoms with Crippen molar-refractivity contribution in [2.45, 2.75) is 33.9 Å². The molecule has 5 nitrogen and oxygen atoms in total. The molecule has 0 saturated heterocycles. The number of rotatable bonds is 6. The first-order chi connectivity index (χ1) is 12.0. The number of hydrogen-bond donors (Lipinski definition) is 1. The van der Waals surface area contributed by atoms with Crippen LogP contribution in [0, 0.1) is 20.8 Å². The average molecular weight is 356 g/mol. The number of carbonyl (C=O) groups is 1. The van der Waals surface area contributed by atoms with Crippen molar-refractivity contribution < 1.29 is 14.1 Å². The maximum Gasteiger partial charge on any atom is 0.251 e. The van der Waals surface area contributed by atoms with E-state index >= 15 is 0 Å². The molecule has 0 bridgehead atoms. The van der Waals surface area contributed by atoms with Crippen LogP contribution in [0.25, 0.3) is 0 Å². The van der Waals surface area contributed by atoms with Gasteiger partial charge in [0.25, 0.3) is 5.91 Å². The summed E-state index contributed by atoms with van der Waals surface area (Å²) in [5.41, 5.74) is 3.52. The van der Waals surface area contributed by atoms with Crippen LogP contribution < -0.4 is 10.1 Å². The van der Waals surface area contributed by atoms with Gasteiger partial charge in [0.1, 0.15) is 18.1 Å². The quantitative estimate of drug-likeness (QED) is 0.720. The Balaban J connectivity index is 1.62. The van der Waals surface area contributed by atoms with Crippen molar-refractivity contribution in [2.75, 3.05) is 0 Å². The molecule has 0 fully saturated rings. The van der Waals surface area contributed by atoms with Crippen LogP contribution >= 0.6 is 11.3 Å². The Hall–Kier alpha value is -2.60. The van der Waals surface area contributed by atoms with Crippen molar-refractivity contribution in [3.8, 4) is 5.75 Å². The second-order valence-electron chi connectivity index (χ2n) is 5.83. The lowest BCUT2D eigenvalue weighted by atomic mass is 10.2. The second-order valence-corrected chi connectivity index (χ2v) is 6.83. The normalized spacial score (nSPS) is 10.7. The molecule has 1 N–H and O–H groups in total. The molecule has 0 unspecified atom stereocenters.